The van der Waals surface area contributed by atoms with Gasteiger partial charge in [-0.3, -0.25) is 4.79 Å². The Balaban J connectivity index is 1.38. The first kappa shape index (κ1) is 93.0. The van der Waals surface area contributed by atoms with Gasteiger partial charge in [0.1, 0.15) is 73.2 Å². The summed E-state index contributed by atoms with van der Waals surface area (Å²) in [6, 6.07) is -0.993. The first-order chi connectivity index (χ1) is 49.3. The average Bonchev–Trinajstić information content (AvgIpc) is 0.782. The number of nitrogens with one attached hydrogen (secondary N) is 1. The van der Waals surface area contributed by atoms with E-state index in [9.17, 15) is 61.0 Å². The van der Waals surface area contributed by atoms with Gasteiger partial charge >= 0.3 is 0 Å². The highest BCUT2D eigenvalue weighted by molar-refractivity contribution is 5.76. The highest BCUT2D eigenvalue weighted by atomic mass is 16.8. The lowest BCUT2D eigenvalue weighted by Gasteiger charge is -2.48. The third kappa shape index (κ3) is 42.8. The highest BCUT2D eigenvalue weighted by Gasteiger charge is 2.54. The quantitative estimate of drug-likeness (QED) is 0.0199. The molecule has 101 heavy (non-hydrogen) atoms. The van der Waals surface area contributed by atoms with Crippen molar-refractivity contribution in [2.24, 2.45) is 0 Å². The van der Waals surface area contributed by atoms with E-state index in [0.29, 0.717) is 12.8 Å². The van der Waals surface area contributed by atoms with E-state index < -0.39 is 124 Å². The van der Waals surface area contributed by atoms with Crippen LogP contribution < -0.4 is 5.32 Å². The lowest BCUT2D eigenvalue weighted by Crippen LogP contribution is -2.66. The van der Waals surface area contributed by atoms with Crippen LogP contribution in [0.3, 0.4) is 0 Å². The van der Waals surface area contributed by atoms with Gasteiger partial charge in [0.15, 0.2) is 18.9 Å². The van der Waals surface area contributed by atoms with E-state index in [1.807, 2.05) is 6.08 Å². The zero-order valence-electron chi connectivity index (χ0n) is 63.4. The molecule has 17 atom stereocenters. The summed E-state index contributed by atoms with van der Waals surface area (Å²) in [5.41, 5.74) is 0. The van der Waals surface area contributed by atoms with Crippen LogP contribution in [-0.2, 0) is 33.2 Å². The number of ether oxygens (including phenoxy) is 6. The van der Waals surface area contributed by atoms with Crippen LogP contribution in [0.5, 0.6) is 0 Å². The first-order valence-corrected chi connectivity index (χ1v) is 41.4. The summed E-state index contributed by atoms with van der Waals surface area (Å²) in [6.45, 7) is 1.75. The van der Waals surface area contributed by atoms with Gasteiger partial charge in [-0.1, -0.05) is 313 Å². The van der Waals surface area contributed by atoms with Crippen LogP contribution in [0.15, 0.2) is 48.6 Å². The molecule has 0 spiro atoms. The number of unbranched alkanes of at least 4 members (excludes halogenated alkanes) is 44. The minimum atomic E-state index is -1.98. The monoisotopic (exact) mass is 1440 g/mol. The molecule has 0 radical (unpaired) electrons. The van der Waals surface area contributed by atoms with E-state index in [2.05, 4.69) is 55.6 Å². The number of carbonyl (C=O) groups excluding carboxylic acids is 1. The van der Waals surface area contributed by atoms with Crippen molar-refractivity contribution in [1.82, 2.24) is 5.32 Å². The second-order valence-electron chi connectivity index (χ2n) is 29.6. The van der Waals surface area contributed by atoms with Crippen molar-refractivity contribution in [1.29, 1.82) is 0 Å². The summed E-state index contributed by atoms with van der Waals surface area (Å²) < 4.78 is 34.5. The minimum absolute atomic E-state index is 0.235. The molecule has 592 valence electrons. The summed E-state index contributed by atoms with van der Waals surface area (Å²) in [4.78, 5) is 13.5. The molecule has 3 fully saturated rings. The summed E-state index contributed by atoms with van der Waals surface area (Å²) in [7, 11) is 0. The zero-order valence-corrected chi connectivity index (χ0v) is 63.4. The number of hydrogen-bond donors (Lipinski definition) is 12. The van der Waals surface area contributed by atoms with Gasteiger partial charge in [-0.25, -0.2) is 0 Å². The van der Waals surface area contributed by atoms with Crippen molar-refractivity contribution in [2.45, 2.75) is 439 Å². The maximum Gasteiger partial charge on any atom is 0.220 e. The molecule has 19 nitrogen and oxygen atoms in total. The van der Waals surface area contributed by atoms with Crippen molar-refractivity contribution in [3.63, 3.8) is 0 Å². The van der Waals surface area contributed by atoms with Crippen LogP contribution in [0, 0.1) is 0 Å². The molecule has 0 aromatic carbocycles. The van der Waals surface area contributed by atoms with Gasteiger partial charge in [-0.15, -0.1) is 0 Å². The molecule has 1 amide bonds. The summed E-state index contributed by atoms with van der Waals surface area (Å²) in [5.74, 6) is -0.282. The van der Waals surface area contributed by atoms with Gasteiger partial charge < -0.3 is 89.9 Å². The lowest BCUT2D eigenvalue weighted by molar-refractivity contribution is -0.379. The fourth-order valence-electron chi connectivity index (χ4n) is 13.9. The summed E-state index contributed by atoms with van der Waals surface area (Å²) in [6.07, 6.45) is 52.5. The highest BCUT2D eigenvalue weighted by Crippen LogP contribution is 2.33. The Kier molecular flexibility index (Phi) is 57.8. The molecule has 0 aromatic rings. The third-order valence-electron chi connectivity index (χ3n) is 20.6. The van der Waals surface area contributed by atoms with Crippen LogP contribution in [0.2, 0.25) is 0 Å². The second-order valence-corrected chi connectivity index (χ2v) is 29.6. The topological polar surface area (TPSA) is 307 Å². The van der Waals surface area contributed by atoms with Crippen LogP contribution in [0.25, 0.3) is 0 Å². The first-order valence-electron chi connectivity index (χ1n) is 41.4. The molecular weight excluding hydrogens is 1290 g/mol. The molecule has 0 bridgehead atoms. The Morgan fingerprint density at radius 3 is 1.05 bits per heavy atom. The SMILES string of the molecule is CCCCCCC/C=C\C/C=C\CCCCCCCCCCCCCCCC(=O)NC(COC1OC(CO)C(OC2OC(CO)C(OC3OC(CO)C(O)C(O)C3O)C(O)C2O)C(O)C1O)C(O)/C=C/CC/C=C/CCCCCCCCCCCCCCCCCCCCCCCCCCC. The van der Waals surface area contributed by atoms with Gasteiger partial charge in [0, 0.05) is 6.42 Å². The molecule has 3 rings (SSSR count). The van der Waals surface area contributed by atoms with Crippen molar-refractivity contribution in [2.75, 3.05) is 26.4 Å². The molecule has 3 heterocycles. The van der Waals surface area contributed by atoms with E-state index in [1.54, 1.807) is 6.08 Å². The third-order valence-corrected chi connectivity index (χ3v) is 20.6. The number of amides is 1. The van der Waals surface area contributed by atoms with Crippen molar-refractivity contribution >= 4 is 5.91 Å². The molecule has 0 aliphatic carbocycles. The van der Waals surface area contributed by atoms with Crippen LogP contribution in [0.1, 0.15) is 335 Å². The smallest absolute Gasteiger partial charge is 0.220 e. The molecular formula is C82H151NO18. The molecule has 3 aliphatic rings. The number of aliphatic hydroxyl groups is 11. The maximum absolute atomic E-state index is 13.5. The molecule has 0 saturated carbocycles. The fraction of sp³-hybridized carbons (Fsp3) is 0.890. The van der Waals surface area contributed by atoms with E-state index in [-0.39, 0.29) is 18.9 Å². The molecule has 3 saturated heterocycles. The Bertz CT molecular complexity index is 2010. The van der Waals surface area contributed by atoms with Crippen LogP contribution >= 0.6 is 0 Å². The normalized spacial score (nSPS) is 26.5. The number of aliphatic hydroxyl groups excluding tert-OH is 11. The van der Waals surface area contributed by atoms with Crippen molar-refractivity contribution in [3.05, 3.63) is 48.6 Å². The summed E-state index contributed by atoms with van der Waals surface area (Å²) in [5, 5.41) is 121. The molecule has 0 aromatic heterocycles. The van der Waals surface area contributed by atoms with E-state index in [0.717, 1.165) is 44.9 Å². The average molecular weight is 1440 g/mol. The number of allylic oxidation sites excluding steroid dienone is 7. The standard InChI is InChI=1S/C82H151NO18/c1-3-5-7-9-11-13-15-17-19-21-23-25-27-29-30-31-32-33-34-36-37-39-41-43-45-47-49-51-53-55-57-59-66(87)65(83-70(88)60-58-56-54-52-50-48-46-44-42-40-38-35-28-26-24-22-20-18-16-14-12-10-8-6-4-2)64-96-80-76(94)73(91)78(68(62-85)98-80)101-82-77(95)74(92)79(69(63-86)99-82)100-81-75(93)72(90)71(89)67(61-84)97-81/h16,18,22,24,49,51,57,59,65-69,71-82,84-87,89-95H,3-15,17,19-21,23,25-48,50,52-56,58,60-64H2,1-2H3,(H,83,88)/b18-16-,24-22-,51-49+,59-57+. The minimum Gasteiger partial charge on any atom is -0.394 e. The van der Waals surface area contributed by atoms with Gasteiger partial charge in [-0.05, 0) is 64.2 Å². The van der Waals surface area contributed by atoms with E-state index in [1.165, 1.54) is 257 Å². The van der Waals surface area contributed by atoms with Gasteiger partial charge in [0.2, 0.25) is 5.91 Å². The van der Waals surface area contributed by atoms with Crippen LogP contribution in [-0.4, -0.2) is 193 Å². The molecule has 17 unspecified atom stereocenters. The van der Waals surface area contributed by atoms with Crippen LogP contribution in [0.4, 0.5) is 0 Å². The Morgan fingerprint density at radius 1 is 0.356 bits per heavy atom. The van der Waals surface area contributed by atoms with E-state index in [4.69, 9.17) is 28.4 Å². The van der Waals surface area contributed by atoms with E-state index >= 15 is 0 Å². The predicted octanol–water partition coefficient (Wildman–Crippen LogP) is 14.1. The molecule has 19 heteroatoms. The van der Waals surface area contributed by atoms with Crippen molar-refractivity contribution in [3.8, 4) is 0 Å². The molecule has 12 N–H and O–H groups in total. The fourth-order valence-corrected chi connectivity index (χ4v) is 13.9. The zero-order chi connectivity index (χ0) is 73.2. The van der Waals surface area contributed by atoms with Gasteiger partial charge in [0.05, 0.1) is 38.6 Å². The Hall–Kier alpha value is -2.25. The van der Waals surface area contributed by atoms with Crippen molar-refractivity contribution < 1.29 is 89.4 Å². The van der Waals surface area contributed by atoms with Gasteiger partial charge in [-0.2, -0.15) is 0 Å². The lowest BCUT2D eigenvalue weighted by atomic mass is 9.96. The number of hydrogen-bond acceptors (Lipinski definition) is 18. The Morgan fingerprint density at radius 2 is 0.663 bits per heavy atom. The largest absolute Gasteiger partial charge is 0.394 e. The number of carbonyl (C=O) groups is 1. The maximum atomic E-state index is 13.5. The second kappa shape index (κ2) is 62.8. The predicted molar refractivity (Wildman–Crippen MR) is 402 cm³/mol. The molecule has 3 aliphatic heterocycles. The Labute approximate surface area is 612 Å². The number of rotatable bonds is 66. The summed E-state index contributed by atoms with van der Waals surface area (Å²) >= 11 is 0. The van der Waals surface area contributed by atoms with Gasteiger partial charge in [0.25, 0.3) is 0 Å².